The zero-order valence-electron chi connectivity index (χ0n) is 10.6. The van der Waals surface area contributed by atoms with E-state index in [9.17, 15) is 9.59 Å². The second-order valence-electron chi connectivity index (χ2n) is 4.24. The van der Waals surface area contributed by atoms with Crippen LogP contribution in [-0.4, -0.2) is 26.3 Å². The summed E-state index contributed by atoms with van der Waals surface area (Å²) < 4.78 is 5.50. The minimum Gasteiger partial charge on any atom is -0.478 e. The first-order valence-corrected chi connectivity index (χ1v) is 6.00. The molecule has 0 saturated heterocycles. The number of pyridine rings is 1. The maximum atomic E-state index is 11.0. The van der Waals surface area contributed by atoms with E-state index in [1.807, 2.05) is 0 Å². The number of hydrogen-bond acceptors (Lipinski definition) is 5. The Morgan fingerprint density at radius 2 is 1.62 bits per heavy atom. The van der Waals surface area contributed by atoms with Gasteiger partial charge in [0.15, 0.2) is 0 Å². The average Bonchev–Trinajstić information content (AvgIpc) is 2.98. The number of aromatic amines is 1. The summed E-state index contributed by atoms with van der Waals surface area (Å²) in [6.07, 6.45) is 1.48. The molecule has 0 fully saturated rings. The van der Waals surface area contributed by atoms with Gasteiger partial charge in [-0.3, -0.25) is 4.79 Å². The van der Waals surface area contributed by atoms with Crippen LogP contribution in [-0.2, 0) is 0 Å². The van der Waals surface area contributed by atoms with Crippen LogP contribution in [0.5, 0.6) is 0 Å². The number of nitrogens with one attached hydrogen (secondary N) is 1. The van der Waals surface area contributed by atoms with Crippen molar-refractivity contribution in [2.75, 3.05) is 0 Å². The van der Waals surface area contributed by atoms with Gasteiger partial charge in [0.1, 0.15) is 0 Å². The zero-order chi connectivity index (χ0) is 14.8. The van der Waals surface area contributed by atoms with Crippen LogP contribution in [0.15, 0.2) is 51.8 Å². The van der Waals surface area contributed by atoms with Crippen LogP contribution in [0.3, 0.4) is 0 Å². The summed E-state index contributed by atoms with van der Waals surface area (Å²) in [6.45, 7) is 0. The Morgan fingerprint density at radius 3 is 2.19 bits per heavy atom. The lowest BCUT2D eigenvalue weighted by atomic mass is 10.1. The number of rotatable bonds is 3. The lowest BCUT2D eigenvalue weighted by Gasteiger charge is -1.96. The maximum absolute atomic E-state index is 11.0. The van der Waals surface area contributed by atoms with Crippen LogP contribution in [0.2, 0.25) is 0 Å². The van der Waals surface area contributed by atoms with E-state index < -0.39 is 5.97 Å². The summed E-state index contributed by atoms with van der Waals surface area (Å²) in [7, 11) is 0. The van der Waals surface area contributed by atoms with Crippen LogP contribution in [0, 0.1) is 0 Å². The van der Waals surface area contributed by atoms with E-state index in [-0.39, 0.29) is 22.9 Å². The fourth-order valence-corrected chi connectivity index (χ4v) is 1.76. The second kappa shape index (κ2) is 5.04. The highest BCUT2D eigenvalue weighted by Crippen LogP contribution is 2.23. The van der Waals surface area contributed by atoms with Crippen LogP contribution in [0.1, 0.15) is 10.4 Å². The van der Waals surface area contributed by atoms with Gasteiger partial charge in [-0.1, -0.05) is 0 Å². The van der Waals surface area contributed by atoms with E-state index in [1.54, 1.807) is 18.2 Å². The van der Waals surface area contributed by atoms with Crippen molar-refractivity contribution in [1.82, 2.24) is 15.2 Å². The van der Waals surface area contributed by atoms with Crippen molar-refractivity contribution in [2.24, 2.45) is 0 Å². The number of nitrogens with zero attached hydrogens (tertiary/aromatic N) is 2. The molecule has 7 heteroatoms. The molecule has 1 aromatic carbocycles. The molecule has 2 N–H and O–H groups in total. The highest BCUT2D eigenvalue weighted by Gasteiger charge is 2.11. The molecule has 0 bridgehead atoms. The molecular formula is C14H9N3O4. The minimum absolute atomic E-state index is 0.180. The van der Waals surface area contributed by atoms with Gasteiger partial charge in [-0.05, 0) is 30.3 Å². The van der Waals surface area contributed by atoms with Crippen molar-refractivity contribution in [1.29, 1.82) is 0 Å². The van der Waals surface area contributed by atoms with Gasteiger partial charge in [0.05, 0.1) is 11.1 Å². The largest absolute Gasteiger partial charge is 0.478 e. The molecule has 104 valence electrons. The summed E-state index contributed by atoms with van der Waals surface area (Å²) >= 11 is 0. The fraction of sp³-hybridized carbons (Fsp3) is 0. The van der Waals surface area contributed by atoms with Gasteiger partial charge in [-0.2, -0.15) is 0 Å². The van der Waals surface area contributed by atoms with E-state index in [2.05, 4.69) is 15.2 Å². The lowest BCUT2D eigenvalue weighted by molar-refractivity contribution is 0.0697. The summed E-state index contributed by atoms with van der Waals surface area (Å²) in [5.41, 5.74) is 1.17. The Bertz CT molecular complexity index is 829. The van der Waals surface area contributed by atoms with E-state index in [1.165, 1.54) is 24.4 Å². The van der Waals surface area contributed by atoms with Gasteiger partial charge >= 0.3 is 5.97 Å². The number of carboxylic acid groups (broad SMARTS) is 1. The van der Waals surface area contributed by atoms with Crippen molar-refractivity contribution in [3.63, 3.8) is 0 Å². The standard InChI is InChI=1S/C14H9N3O4/c18-11-6-5-10(7-15-11)13-17-16-12(21-13)8-1-3-9(4-2-8)14(19)20/h1-7H,(H,15,18)(H,19,20). The predicted octanol–water partition coefficient (Wildman–Crippen LogP) is 1.79. The summed E-state index contributed by atoms with van der Waals surface area (Å²) in [5.74, 6) is -0.460. The fourth-order valence-electron chi connectivity index (χ4n) is 1.76. The zero-order valence-corrected chi connectivity index (χ0v) is 10.6. The molecule has 0 aliphatic carbocycles. The Labute approximate surface area is 117 Å². The first kappa shape index (κ1) is 12.8. The first-order chi connectivity index (χ1) is 10.1. The summed E-state index contributed by atoms with van der Waals surface area (Å²) in [5, 5.41) is 16.6. The Kier molecular flexibility index (Phi) is 3.07. The Balaban J connectivity index is 1.92. The molecule has 0 aliphatic rings. The number of aromatic carboxylic acids is 1. The number of hydrogen-bond donors (Lipinski definition) is 2. The van der Waals surface area contributed by atoms with E-state index in [0.717, 1.165) is 0 Å². The van der Waals surface area contributed by atoms with Crippen molar-refractivity contribution < 1.29 is 14.3 Å². The van der Waals surface area contributed by atoms with Crippen LogP contribution in [0.4, 0.5) is 0 Å². The third-order valence-corrected chi connectivity index (χ3v) is 2.83. The molecule has 3 rings (SSSR count). The quantitative estimate of drug-likeness (QED) is 0.758. The molecular weight excluding hydrogens is 274 g/mol. The van der Waals surface area contributed by atoms with Gasteiger partial charge in [0.2, 0.25) is 17.3 Å². The van der Waals surface area contributed by atoms with E-state index in [0.29, 0.717) is 11.1 Å². The van der Waals surface area contributed by atoms with Crippen LogP contribution >= 0.6 is 0 Å². The highest BCUT2D eigenvalue weighted by molar-refractivity contribution is 5.88. The topological polar surface area (TPSA) is 109 Å². The van der Waals surface area contributed by atoms with Crippen molar-refractivity contribution in [3.05, 3.63) is 58.5 Å². The number of H-pyrrole nitrogens is 1. The van der Waals surface area contributed by atoms with E-state index >= 15 is 0 Å². The van der Waals surface area contributed by atoms with Crippen molar-refractivity contribution in [2.45, 2.75) is 0 Å². The smallest absolute Gasteiger partial charge is 0.335 e. The molecule has 0 spiro atoms. The Morgan fingerprint density at radius 1 is 1.00 bits per heavy atom. The third-order valence-electron chi connectivity index (χ3n) is 2.83. The van der Waals surface area contributed by atoms with Gasteiger partial charge in [0, 0.05) is 17.8 Å². The van der Waals surface area contributed by atoms with E-state index in [4.69, 9.17) is 9.52 Å². The molecule has 2 heterocycles. The molecule has 21 heavy (non-hydrogen) atoms. The minimum atomic E-state index is -0.999. The van der Waals surface area contributed by atoms with Crippen LogP contribution < -0.4 is 5.56 Å². The molecule has 0 atom stereocenters. The lowest BCUT2D eigenvalue weighted by Crippen LogP contribution is -2.01. The van der Waals surface area contributed by atoms with Gasteiger partial charge in [-0.25, -0.2) is 4.79 Å². The van der Waals surface area contributed by atoms with Gasteiger partial charge in [-0.15, -0.1) is 10.2 Å². The summed E-state index contributed by atoms with van der Waals surface area (Å²) in [4.78, 5) is 24.3. The predicted molar refractivity (Wildman–Crippen MR) is 72.8 cm³/mol. The highest BCUT2D eigenvalue weighted by atomic mass is 16.4. The second-order valence-corrected chi connectivity index (χ2v) is 4.24. The van der Waals surface area contributed by atoms with Crippen molar-refractivity contribution in [3.8, 4) is 22.9 Å². The molecule has 0 saturated carbocycles. The van der Waals surface area contributed by atoms with Gasteiger partial charge < -0.3 is 14.5 Å². The first-order valence-electron chi connectivity index (χ1n) is 6.00. The Hall–Kier alpha value is -3.22. The normalized spacial score (nSPS) is 10.5. The van der Waals surface area contributed by atoms with Crippen LogP contribution in [0.25, 0.3) is 22.9 Å². The SMILES string of the molecule is O=C(O)c1ccc(-c2nnc(-c3ccc(=O)[nH]c3)o2)cc1. The van der Waals surface area contributed by atoms with Crippen molar-refractivity contribution >= 4 is 5.97 Å². The molecule has 0 amide bonds. The monoisotopic (exact) mass is 283 g/mol. The molecule has 7 nitrogen and oxygen atoms in total. The maximum Gasteiger partial charge on any atom is 0.335 e. The average molecular weight is 283 g/mol. The van der Waals surface area contributed by atoms with Gasteiger partial charge in [0.25, 0.3) is 0 Å². The summed E-state index contributed by atoms with van der Waals surface area (Å²) in [6, 6.07) is 9.04. The number of benzene rings is 1. The molecule has 3 aromatic rings. The number of carboxylic acids is 1. The molecule has 0 aliphatic heterocycles. The number of aromatic nitrogens is 3. The third kappa shape index (κ3) is 2.57. The molecule has 2 aromatic heterocycles. The molecule has 0 unspecified atom stereocenters. The number of carbonyl (C=O) groups is 1. The molecule has 0 radical (unpaired) electrons.